The summed E-state index contributed by atoms with van der Waals surface area (Å²) in [4.78, 5) is 91.7. The number of aromatic nitrogens is 2. The molecular weight excluding hydrogens is 777 g/mol. The van der Waals surface area contributed by atoms with E-state index in [9.17, 15) is 28.8 Å². The van der Waals surface area contributed by atoms with Crippen molar-refractivity contribution in [3.63, 3.8) is 0 Å². The molecule has 0 bridgehead atoms. The molecule has 4 atom stereocenters. The van der Waals surface area contributed by atoms with Crippen molar-refractivity contribution < 1.29 is 38.2 Å². The van der Waals surface area contributed by atoms with Gasteiger partial charge in [0.25, 0.3) is 0 Å². The number of ketones is 4. The quantitative estimate of drug-likeness (QED) is 0.161. The fourth-order valence-electron chi connectivity index (χ4n) is 9.17. The van der Waals surface area contributed by atoms with Crippen LogP contribution in [0.15, 0.2) is 82.8 Å². The molecule has 2 aromatic carbocycles. The Balaban J connectivity index is 1.12. The first-order chi connectivity index (χ1) is 28.3. The van der Waals surface area contributed by atoms with Gasteiger partial charge in [-0.05, 0) is 36.8 Å². The fraction of sp³-hybridized carbons (Fsp3) is 0.318. The summed E-state index contributed by atoms with van der Waals surface area (Å²) in [5, 5.41) is 0. The zero-order chi connectivity index (χ0) is 39.7. The highest BCUT2D eigenvalue weighted by Crippen LogP contribution is 2.49. The molecule has 6 aromatic rings. The number of ether oxygens (including phenoxy) is 2. The highest BCUT2D eigenvalue weighted by atomic mass is 32.1. The average molecular weight is 813 g/mol. The molecule has 0 radical (unpaired) electrons. The van der Waals surface area contributed by atoms with Gasteiger partial charge in [-0.2, -0.15) is 0 Å². The Hall–Kier alpha value is -5.86. The van der Waals surface area contributed by atoms with Gasteiger partial charge in [-0.25, -0.2) is 28.7 Å². The lowest BCUT2D eigenvalue weighted by atomic mass is 9.81. The minimum atomic E-state index is -0.747. The molecule has 4 aliphatic rings. The number of thiophene rings is 2. The number of hydrogen-bond donors (Lipinski definition) is 0. The van der Waals surface area contributed by atoms with Crippen LogP contribution in [0.2, 0.25) is 0 Å². The Morgan fingerprint density at radius 2 is 0.897 bits per heavy atom. The average Bonchev–Trinajstić information content (AvgIpc) is 4.06. The molecule has 4 saturated carbocycles. The first-order valence-corrected chi connectivity index (χ1v) is 21.3. The van der Waals surface area contributed by atoms with Crippen LogP contribution in [0.3, 0.4) is 0 Å². The fourth-order valence-corrected chi connectivity index (χ4v) is 11.9. The number of rotatable bonds is 6. The van der Waals surface area contributed by atoms with Gasteiger partial charge in [0.05, 0.1) is 29.8 Å². The highest BCUT2D eigenvalue weighted by molar-refractivity contribution is 7.36. The third-order valence-electron chi connectivity index (χ3n) is 12.0. The number of carbonyl (C=O) groups excluding carboxylic acids is 6. The number of benzene rings is 2. The molecule has 0 saturated heterocycles. The molecular formula is C44H36N4O8S2. The topological polar surface area (TPSA) is 155 Å². The largest absolute Gasteiger partial charge is 0.444 e. The second-order valence-electron chi connectivity index (χ2n) is 15.4. The van der Waals surface area contributed by atoms with Crippen LogP contribution in [0, 0.1) is 23.7 Å². The van der Waals surface area contributed by atoms with E-state index in [0.717, 1.165) is 36.8 Å². The smallest absolute Gasteiger partial charge is 0.420 e. The lowest BCUT2D eigenvalue weighted by Gasteiger charge is -2.20. The normalized spacial score (nSPS) is 21.9. The molecule has 14 heteroatoms. The maximum absolute atomic E-state index is 14.2. The van der Waals surface area contributed by atoms with Crippen LogP contribution < -0.4 is 0 Å². The van der Waals surface area contributed by atoms with Gasteiger partial charge in [0, 0.05) is 35.8 Å². The van der Waals surface area contributed by atoms with Crippen molar-refractivity contribution >= 4 is 111 Å². The third kappa shape index (κ3) is 5.99. The van der Waals surface area contributed by atoms with E-state index in [1.54, 1.807) is 12.1 Å². The molecule has 12 nitrogen and oxygen atoms in total. The Kier molecular flexibility index (Phi) is 9.12. The number of hydrogen-bond acceptors (Lipinski definition) is 12. The summed E-state index contributed by atoms with van der Waals surface area (Å²) in [6, 6.07) is 21.8. The van der Waals surface area contributed by atoms with E-state index >= 15 is 0 Å². The van der Waals surface area contributed by atoms with Gasteiger partial charge >= 0.3 is 12.2 Å². The Labute approximate surface area is 339 Å². The standard InChI is InChI=1S/C44H36N4O8S2/c49-37-25-15-7-8-16-26(25)38(50)33(37)45-31-19-29-35(47(31)43(53)55-21-23-11-3-1-4-12-23)41-42(57-29)36-30(58-41)20-32(48(36)44(54)56-22-24-13-5-2-6-14-24)46-34-39(51)27-17-9-10-18-28(27)40(34)52/h1-6,11-14,19-20,25-28H,7-10,15-18,21-22H2. The van der Waals surface area contributed by atoms with Crippen molar-refractivity contribution in [1.82, 2.24) is 9.13 Å². The van der Waals surface area contributed by atoms with Crippen LogP contribution in [-0.4, -0.2) is 55.9 Å². The summed E-state index contributed by atoms with van der Waals surface area (Å²) in [5.41, 5.74) is 2.17. The molecule has 0 aliphatic heterocycles. The Bertz CT molecular complexity index is 2550. The van der Waals surface area contributed by atoms with E-state index in [4.69, 9.17) is 9.47 Å². The van der Waals surface area contributed by atoms with E-state index < -0.39 is 35.9 Å². The summed E-state index contributed by atoms with van der Waals surface area (Å²) in [7, 11) is 0. The van der Waals surface area contributed by atoms with E-state index in [2.05, 4.69) is 9.98 Å². The van der Waals surface area contributed by atoms with Crippen molar-refractivity contribution in [3.8, 4) is 0 Å². The zero-order valence-electron chi connectivity index (χ0n) is 31.2. The van der Waals surface area contributed by atoms with E-state index in [1.165, 1.54) is 31.8 Å². The van der Waals surface area contributed by atoms with Gasteiger partial charge < -0.3 is 9.47 Å². The van der Waals surface area contributed by atoms with Crippen LogP contribution in [0.1, 0.15) is 62.5 Å². The maximum Gasteiger partial charge on any atom is 0.420 e. The molecule has 292 valence electrons. The minimum Gasteiger partial charge on any atom is -0.444 e. The minimum absolute atomic E-state index is 0.0296. The van der Waals surface area contributed by atoms with Crippen molar-refractivity contribution in [1.29, 1.82) is 0 Å². The van der Waals surface area contributed by atoms with Crippen molar-refractivity contribution in [2.75, 3.05) is 0 Å². The van der Waals surface area contributed by atoms with Crippen molar-refractivity contribution in [2.24, 2.45) is 33.7 Å². The summed E-state index contributed by atoms with van der Waals surface area (Å²) >= 11 is 2.59. The van der Waals surface area contributed by atoms with Gasteiger partial charge in [0.1, 0.15) is 24.8 Å². The molecule has 58 heavy (non-hydrogen) atoms. The summed E-state index contributed by atoms with van der Waals surface area (Å²) in [5.74, 6) is -2.50. The van der Waals surface area contributed by atoms with E-state index in [-0.39, 0.29) is 59.4 Å². The van der Waals surface area contributed by atoms with Gasteiger partial charge in [-0.15, -0.1) is 22.7 Å². The molecule has 0 N–H and O–H groups in total. The highest BCUT2D eigenvalue weighted by Gasteiger charge is 2.49. The monoisotopic (exact) mass is 812 g/mol. The van der Waals surface area contributed by atoms with Crippen LogP contribution in [0.4, 0.5) is 21.2 Å². The van der Waals surface area contributed by atoms with Crippen LogP contribution in [0.25, 0.3) is 29.8 Å². The SMILES string of the molecule is O=C1C(=Nc2cc3sc4c(sc5cc(N=C6C(=O)C7CCCCC7C6=O)n(C(=O)OCc6ccccc6)c54)c3n2C(=O)OCc2ccccc2)C(=O)C2CCCCC12. The Morgan fingerprint density at radius 3 is 1.24 bits per heavy atom. The Morgan fingerprint density at radius 1 is 0.552 bits per heavy atom. The second-order valence-corrected chi connectivity index (χ2v) is 17.5. The first-order valence-electron chi connectivity index (χ1n) is 19.7. The molecule has 10 rings (SSSR count). The number of fused-ring (bicyclic) bond motifs is 7. The maximum atomic E-state index is 14.2. The van der Waals surface area contributed by atoms with Gasteiger partial charge in [-0.1, -0.05) is 86.3 Å². The van der Waals surface area contributed by atoms with Crippen LogP contribution >= 0.6 is 22.7 Å². The van der Waals surface area contributed by atoms with E-state index in [0.29, 0.717) is 55.5 Å². The molecule has 4 fully saturated rings. The first kappa shape index (κ1) is 36.5. The van der Waals surface area contributed by atoms with Gasteiger partial charge in [-0.3, -0.25) is 19.2 Å². The van der Waals surface area contributed by atoms with Crippen LogP contribution in [-0.2, 0) is 41.9 Å². The molecule has 4 unspecified atom stereocenters. The molecule has 0 spiro atoms. The number of nitrogens with zero attached hydrogens (tertiary/aromatic N) is 4. The number of carbonyl (C=O) groups is 6. The van der Waals surface area contributed by atoms with E-state index in [1.807, 2.05) is 60.7 Å². The van der Waals surface area contributed by atoms with Gasteiger partial charge in [0.2, 0.25) is 0 Å². The van der Waals surface area contributed by atoms with Crippen molar-refractivity contribution in [3.05, 3.63) is 83.9 Å². The molecule has 4 heterocycles. The number of Topliss-reactive ketones (excluding diaryl/α,β-unsaturated/α-hetero) is 4. The summed E-state index contributed by atoms with van der Waals surface area (Å²) in [6.45, 7) is -0.0591. The predicted octanol–water partition coefficient (Wildman–Crippen LogP) is 9.30. The molecule has 4 aliphatic carbocycles. The number of aliphatic imine (C=N–C) groups is 2. The summed E-state index contributed by atoms with van der Waals surface area (Å²) < 4.78 is 16.8. The lowest BCUT2D eigenvalue weighted by molar-refractivity contribution is -0.120. The van der Waals surface area contributed by atoms with Crippen LogP contribution in [0.5, 0.6) is 0 Å². The predicted molar refractivity (Wildman–Crippen MR) is 220 cm³/mol. The third-order valence-corrected chi connectivity index (χ3v) is 14.4. The zero-order valence-corrected chi connectivity index (χ0v) is 32.8. The second kappa shape index (κ2) is 14.5. The molecule has 0 amide bonds. The van der Waals surface area contributed by atoms with Gasteiger partial charge in [0.15, 0.2) is 34.6 Å². The molecule has 4 aromatic heterocycles. The lowest BCUT2D eigenvalue weighted by Crippen LogP contribution is -2.21. The summed E-state index contributed by atoms with van der Waals surface area (Å²) in [6.07, 6.45) is 4.56. The van der Waals surface area contributed by atoms with Crippen molar-refractivity contribution in [2.45, 2.75) is 64.6 Å².